The van der Waals surface area contributed by atoms with Crippen LogP contribution in [0.2, 0.25) is 0 Å². The van der Waals surface area contributed by atoms with E-state index in [0.717, 1.165) is 37.2 Å². The van der Waals surface area contributed by atoms with E-state index in [4.69, 9.17) is 5.73 Å². The van der Waals surface area contributed by atoms with Crippen LogP contribution in [0.3, 0.4) is 0 Å². The third kappa shape index (κ3) is 2.72. The minimum absolute atomic E-state index is 0.528. The molecule has 0 spiro atoms. The first-order valence-electron chi connectivity index (χ1n) is 8.26. The van der Waals surface area contributed by atoms with Gasteiger partial charge in [0, 0.05) is 50.2 Å². The summed E-state index contributed by atoms with van der Waals surface area (Å²) in [5, 5.41) is 0. The highest BCUT2D eigenvalue weighted by Crippen LogP contribution is 2.35. The number of para-hydroxylation sites is 1. The quantitative estimate of drug-likeness (QED) is 0.929. The smallest absolute Gasteiger partial charge is 0.0401 e. The van der Waals surface area contributed by atoms with Gasteiger partial charge >= 0.3 is 0 Å². The molecule has 3 heteroatoms. The van der Waals surface area contributed by atoms with Crippen LogP contribution < -0.4 is 10.6 Å². The molecule has 1 atom stereocenters. The highest BCUT2D eigenvalue weighted by atomic mass is 15.2. The summed E-state index contributed by atoms with van der Waals surface area (Å²) in [6.07, 6.45) is 5.60. The van der Waals surface area contributed by atoms with Crippen LogP contribution >= 0.6 is 0 Å². The number of allylic oxidation sites excluding steroid dienone is 1. The average Bonchev–Trinajstić information content (AvgIpc) is 2.53. The van der Waals surface area contributed by atoms with Gasteiger partial charge in [0.1, 0.15) is 0 Å². The molecule has 2 aliphatic rings. The fourth-order valence-electron chi connectivity index (χ4n) is 3.76. The number of hydrogen-bond donors (Lipinski definition) is 1. The van der Waals surface area contributed by atoms with Gasteiger partial charge in [0.25, 0.3) is 0 Å². The Morgan fingerprint density at radius 1 is 1.27 bits per heavy atom. The van der Waals surface area contributed by atoms with Crippen molar-refractivity contribution in [1.82, 2.24) is 4.90 Å². The van der Waals surface area contributed by atoms with Crippen LogP contribution in [0.5, 0.6) is 0 Å². The zero-order valence-electron chi connectivity index (χ0n) is 13.8. The number of anilines is 1. The molecule has 0 radical (unpaired) electrons. The van der Waals surface area contributed by atoms with Gasteiger partial charge in [-0.2, -0.15) is 0 Å². The second-order valence-corrected chi connectivity index (χ2v) is 6.67. The molecule has 1 aromatic rings. The first-order chi connectivity index (χ1) is 10.6. The number of fused-ring (bicyclic) bond motifs is 1. The van der Waals surface area contributed by atoms with Gasteiger partial charge < -0.3 is 15.5 Å². The number of rotatable bonds is 3. The van der Waals surface area contributed by atoms with E-state index in [-0.39, 0.29) is 0 Å². The van der Waals surface area contributed by atoms with Gasteiger partial charge in [-0.25, -0.2) is 0 Å². The third-order valence-corrected chi connectivity index (χ3v) is 5.05. The van der Waals surface area contributed by atoms with Crippen LogP contribution in [0.15, 0.2) is 47.8 Å². The molecule has 1 unspecified atom stereocenters. The van der Waals surface area contributed by atoms with Crippen molar-refractivity contribution in [2.24, 2.45) is 5.73 Å². The van der Waals surface area contributed by atoms with Crippen LogP contribution in [0.25, 0.3) is 0 Å². The highest BCUT2D eigenvalue weighted by molar-refractivity contribution is 5.56. The van der Waals surface area contributed by atoms with Crippen molar-refractivity contribution in [3.8, 4) is 0 Å². The molecule has 1 aliphatic heterocycles. The lowest BCUT2D eigenvalue weighted by Gasteiger charge is -2.41. The van der Waals surface area contributed by atoms with E-state index in [1.807, 2.05) is 14.1 Å². The Morgan fingerprint density at radius 3 is 2.77 bits per heavy atom. The molecule has 3 rings (SSSR count). The average molecular weight is 297 g/mol. The topological polar surface area (TPSA) is 32.5 Å². The van der Waals surface area contributed by atoms with E-state index < -0.39 is 0 Å². The fourth-order valence-corrected chi connectivity index (χ4v) is 3.76. The van der Waals surface area contributed by atoms with Crippen molar-refractivity contribution >= 4 is 5.69 Å². The Morgan fingerprint density at radius 2 is 2.05 bits per heavy atom. The summed E-state index contributed by atoms with van der Waals surface area (Å²) in [4.78, 5) is 4.65. The predicted octanol–water partition coefficient (Wildman–Crippen LogP) is 3.28. The Kier molecular flexibility index (Phi) is 4.14. The molecular weight excluding hydrogens is 270 g/mol. The molecule has 1 heterocycles. The van der Waals surface area contributed by atoms with Crippen LogP contribution in [0.1, 0.15) is 31.2 Å². The number of aryl methyl sites for hydroxylation is 1. The Balaban J connectivity index is 1.81. The zero-order chi connectivity index (χ0) is 15.7. The van der Waals surface area contributed by atoms with E-state index in [9.17, 15) is 0 Å². The molecule has 1 aliphatic carbocycles. The predicted molar refractivity (Wildman–Crippen MR) is 93.8 cm³/mol. The van der Waals surface area contributed by atoms with Gasteiger partial charge in [-0.3, -0.25) is 0 Å². The first kappa shape index (κ1) is 15.0. The second-order valence-electron chi connectivity index (χ2n) is 6.67. The maximum absolute atomic E-state index is 6.40. The maximum Gasteiger partial charge on any atom is 0.0401 e. The SMILES string of the molecule is C=C(C1=C(N)CC(N2CCCc3ccccc32)CC1)N(C)C. The summed E-state index contributed by atoms with van der Waals surface area (Å²) in [7, 11) is 4.07. The molecule has 3 nitrogen and oxygen atoms in total. The van der Waals surface area contributed by atoms with Crippen LogP contribution in [-0.4, -0.2) is 31.6 Å². The lowest BCUT2D eigenvalue weighted by molar-refractivity contribution is 0.471. The number of benzene rings is 1. The van der Waals surface area contributed by atoms with E-state index in [1.54, 1.807) is 0 Å². The zero-order valence-corrected chi connectivity index (χ0v) is 13.8. The Hall–Kier alpha value is -1.90. The summed E-state index contributed by atoms with van der Waals surface area (Å²) in [5.41, 5.74) is 12.7. The van der Waals surface area contributed by atoms with Gasteiger partial charge in [-0.05, 0) is 42.9 Å². The number of likely N-dealkylation sites (N-methyl/N-ethyl adjacent to an activating group) is 1. The second kappa shape index (κ2) is 6.07. The number of nitrogens with two attached hydrogens (primary N) is 1. The van der Waals surface area contributed by atoms with Crippen LogP contribution in [0, 0.1) is 0 Å². The van der Waals surface area contributed by atoms with Crippen molar-refractivity contribution < 1.29 is 0 Å². The first-order valence-corrected chi connectivity index (χ1v) is 8.26. The van der Waals surface area contributed by atoms with Crippen molar-refractivity contribution in [1.29, 1.82) is 0 Å². The maximum atomic E-state index is 6.40. The molecule has 0 aromatic heterocycles. The van der Waals surface area contributed by atoms with Gasteiger partial charge in [-0.15, -0.1) is 0 Å². The van der Waals surface area contributed by atoms with E-state index in [2.05, 4.69) is 40.6 Å². The van der Waals surface area contributed by atoms with Gasteiger partial charge in [0.05, 0.1) is 0 Å². The molecule has 0 amide bonds. The normalized spacial score (nSPS) is 21.5. The van der Waals surface area contributed by atoms with Gasteiger partial charge in [0.2, 0.25) is 0 Å². The van der Waals surface area contributed by atoms with Crippen molar-refractivity contribution in [3.05, 3.63) is 53.4 Å². The molecule has 0 saturated carbocycles. The number of hydrogen-bond acceptors (Lipinski definition) is 3. The molecule has 0 fully saturated rings. The lowest BCUT2D eigenvalue weighted by Crippen LogP contribution is -2.41. The Bertz CT molecular complexity index is 600. The van der Waals surface area contributed by atoms with E-state index in [1.165, 1.54) is 29.7 Å². The summed E-state index contributed by atoms with van der Waals surface area (Å²) in [5.74, 6) is 0. The monoisotopic (exact) mass is 297 g/mol. The van der Waals surface area contributed by atoms with Crippen molar-refractivity contribution in [2.75, 3.05) is 25.5 Å². The van der Waals surface area contributed by atoms with Crippen molar-refractivity contribution in [2.45, 2.75) is 38.1 Å². The lowest BCUT2D eigenvalue weighted by atomic mass is 9.88. The molecule has 22 heavy (non-hydrogen) atoms. The van der Waals surface area contributed by atoms with Crippen LogP contribution in [-0.2, 0) is 6.42 Å². The minimum Gasteiger partial charge on any atom is -0.402 e. The molecule has 2 N–H and O–H groups in total. The highest BCUT2D eigenvalue weighted by Gasteiger charge is 2.28. The van der Waals surface area contributed by atoms with Crippen LogP contribution in [0.4, 0.5) is 5.69 Å². The molecular formula is C19H27N3. The Labute approximate surface area is 134 Å². The minimum atomic E-state index is 0.528. The summed E-state index contributed by atoms with van der Waals surface area (Å²) in [6.45, 7) is 5.33. The molecule has 118 valence electrons. The standard InChI is InChI=1S/C19H27N3/c1-14(21(2)3)17-11-10-16(13-18(17)20)22-12-6-8-15-7-4-5-9-19(15)22/h4-5,7,9,16H,1,6,8,10-13,20H2,2-3H3. The largest absolute Gasteiger partial charge is 0.402 e. The molecule has 1 aromatic carbocycles. The summed E-state index contributed by atoms with van der Waals surface area (Å²) >= 11 is 0. The van der Waals surface area contributed by atoms with Gasteiger partial charge in [0.15, 0.2) is 0 Å². The fraction of sp³-hybridized carbons (Fsp3) is 0.474. The number of nitrogens with zero attached hydrogens (tertiary/aromatic N) is 2. The van der Waals surface area contributed by atoms with Crippen molar-refractivity contribution in [3.63, 3.8) is 0 Å². The van der Waals surface area contributed by atoms with Gasteiger partial charge in [-0.1, -0.05) is 24.8 Å². The summed E-state index contributed by atoms with van der Waals surface area (Å²) in [6, 6.07) is 9.36. The summed E-state index contributed by atoms with van der Waals surface area (Å²) < 4.78 is 0. The third-order valence-electron chi connectivity index (χ3n) is 5.05. The van der Waals surface area contributed by atoms with E-state index >= 15 is 0 Å². The molecule has 0 bridgehead atoms. The van der Waals surface area contributed by atoms with E-state index in [0.29, 0.717) is 6.04 Å². The molecule has 0 saturated heterocycles.